The number of halogens is 2. The predicted molar refractivity (Wildman–Crippen MR) is 93.9 cm³/mol. The fourth-order valence-electron chi connectivity index (χ4n) is 5.90. The molecule has 1 unspecified atom stereocenters. The van der Waals surface area contributed by atoms with E-state index in [4.69, 9.17) is 0 Å². The van der Waals surface area contributed by atoms with E-state index in [-0.39, 0.29) is 0 Å². The van der Waals surface area contributed by atoms with Gasteiger partial charge < -0.3 is 0 Å². The van der Waals surface area contributed by atoms with E-state index in [1.807, 2.05) is 6.07 Å². The molecule has 0 bridgehead atoms. The van der Waals surface area contributed by atoms with Crippen molar-refractivity contribution in [2.75, 3.05) is 0 Å². The monoisotopic (exact) mass is 332 g/mol. The van der Waals surface area contributed by atoms with Crippen LogP contribution in [-0.2, 0) is 12.8 Å². The minimum Gasteiger partial charge on any atom is -0.204 e. The second kappa shape index (κ2) is 7.14. The quantitative estimate of drug-likeness (QED) is 0.583. The number of fused-ring (bicyclic) bond motifs is 1. The third kappa shape index (κ3) is 3.26. The van der Waals surface area contributed by atoms with Crippen molar-refractivity contribution in [3.63, 3.8) is 0 Å². The molecule has 1 aromatic rings. The maximum atomic E-state index is 13.9. The number of benzene rings is 1. The SMILES string of the molecule is Fc1ccc2c(c1F)CCC(C1CCC(C3CCCCC3)CC1)C2. The molecule has 132 valence electrons. The molecule has 0 aromatic heterocycles. The van der Waals surface area contributed by atoms with Gasteiger partial charge >= 0.3 is 0 Å². The molecule has 2 saturated carbocycles. The van der Waals surface area contributed by atoms with Crippen LogP contribution in [0.25, 0.3) is 0 Å². The molecule has 0 amide bonds. The molecule has 0 N–H and O–H groups in total. The lowest BCUT2D eigenvalue weighted by molar-refractivity contribution is 0.133. The first kappa shape index (κ1) is 16.5. The van der Waals surface area contributed by atoms with E-state index in [2.05, 4.69) is 0 Å². The summed E-state index contributed by atoms with van der Waals surface area (Å²) in [6.07, 6.45) is 15.6. The van der Waals surface area contributed by atoms with Gasteiger partial charge in [0, 0.05) is 0 Å². The van der Waals surface area contributed by atoms with Crippen LogP contribution in [0, 0.1) is 35.3 Å². The van der Waals surface area contributed by atoms with Crippen molar-refractivity contribution in [1.82, 2.24) is 0 Å². The van der Waals surface area contributed by atoms with E-state index in [1.54, 1.807) is 0 Å². The molecule has 1 aromatic carbocycles. The lowest BCUT2D eigenvalue weighted by Gasteiger charge is -2.40. The smallest absolute Gasteiger partial charge is 0.162 e. The van der Waals surface area contributed by atoms with Crippen molar-refractivity contribution >= 4 is 0 Å². The summed E-state index contributed by atoms with van der Waals surface area (Å²) >= 11 is 0. The van der Waals surface area contributed by atoms with Crippen LogP contribution < -0.4 is 0 Å². The Kier molecular flexibility index (Phi) is 4.92. The van der Waals surface area contributed by atoms with Gasteiger partial charge in [-0.15, -0.1) is 0 Å². The minimum absolute atomic E-state index is 0.591. The van der Waals surface area contributed by atoms with Crippen LogP contribution in [0.15, 0.2) is 12.1 Å². The Morgan fingerprint density at radius 2 is 1.29 bits per heavy atom. The summed E-state index contributed by atoms with van der Waals surface area (Å²) in [4.78, 5) is 0. The Labute approximate surface area is 145 Å². The van der Waals surface area contributed by atoms with Crippen LogP contribution in [0.1, 0.15) is 75.3 Å². The summed E-state index contributed by atoms with van der Waals surface area (Å²) in [7, 11) is 0. The largest absolute Gasteiger partial charge is 0.204 e. The van der Waals surface area contributed by atoms with Crippen LogP contribution >= 0.6 is 0 Å². The average molecular weight is 332 g/mol. The Bertz CT molecular complexity index is 566. The Morgan fingerprint density at radius 1 is 0.667 bits per heavy atom. The van der Waals surface area contributed by atoms with Gasteiger partial charge in [-0.05, 0) is 85.8 Å². The Balaban J connectivity index is 1.35. The Morgan fingerprint density at radius 3 is 2.00 bits per heavy atom. The highest BCUT2D eigenvalue weighted by atomic mass is 19.2. The number of rotatable bonds is 2. The molecule has 2 fully saturated rings. The lowest BCUT2D eigenvalue weighted by Crippen LogP contribution is -2.29. The molecule has 1 atom stereocenters. The molecule has 0 saturated heterocycles. The molecule has 4 rings (SSSR count). The van der Waals surface area contributed by atoms with Gasteiger partial charge in [0.2, 0.25) is 0 Å². The van der Waals surface area contributed by atoms with Crippen molar-refractivity contribution in [3.8, 4) is 0 Å². The van der Waals surface area contributed by atoms with Crippen LogP contribution in [0.3, 0.4) is 0 Å². The summed E-state index contributed by atoms with van der Waals surface area (Å²) in [6.45, 7) is 0. The highest BCUT2D eigenvalue weighted by molar-refractivity contribution is 5.32. The van der Waals surface area contributed by atoms with E-state index in [1.165, 1.54) is 63.9 Å². The van der Waals surface area contributed by atoms with Gasteiger partial charge in [0.05, 0.1) is 0 Å². The van der Waals surface area contributed by atoms with Gasteiger partial charge in [0.15, 0.2) is 11.6 Å². The van der Waals surface area contributed by atoms with Crippen LogP contribution in [0.2, 0.25) is 0 Å². The predicted octanol–water partition coefficient (Wildman–Crippen LogP) is 6.46. The molecule has 0 spiro atoms. The summed E-state index contributed by atoms with van der Waals surface area (Å²) in [5.41, 5.74) is 1.72. The second-order valence-corrected chi connectivity index (χ2v) is 8.57. The molecule has 0 nitrogen and oxygen atoms in total. The van der Waals surface area contributed by atoms with E-state index < -0.39 is 11.6 Å². The third-order valence-electron chi connectivity index (χ3n) is 7.34. The fourth-order valence-corrected chi connectivity index (χ4v) is 5.90. The number of hydrogen-bond acceptors (Lipinski definition) is 0. The molecule has 24 heavy (non-hydrogen) atoms. The van der Waals surface area contributed by atoms with Gasteiger partial charge in [0.25, 0.3) is 0 Å². The first-order valence-electron chi connectivity index (χ1n) is 10.2. The first-order chi connectivity index (χ1) is 11.7. The van der Waals surface area contributed by atoms with Crippen LogP contribution in [-0.4, -0.2) is 0 Å². The normalized spacial score (nSPS) is 31.7. The van der Waals surface area contributed by atoms with Crippen molar-refractivity contribution in [2.45, 2.75) is 77.0 Å². The molecular formula is C22H30F2. The fraction of sp³-hybridized carbons (Fsp3) is 0.727. The zero-order valence-corrected chi connectivity index (χ0v) is 14.7. The minimum atomic E-state index is -0.680. The van der Waals surface area contributed by atoms with E-state index in [9.17, 15) is 8.78 Å². The second-order valence-electron chi connectivity index (χ2n) is 8.57. The standard InChI is InChI=1S/C22H30F2/c23-21-13-11-19-14-18(10-12-20(19)22(21)24)17-8-6-16(7-9-17)15-4-2-1-3-5-15/h11,13,15-18H,1-10,12,14H2. The molecule has 2 heteroatoms. The third-order valence-corrected chi connectivity index (χ3v) is 7.34. The van der Waals surface area contributed by atoms with Gasteiger partial charge in [-0.3, -0.25) is 0 Å². The summed E-state index contributed by atoms with van der Waals surface area (Å²) in [5.74, 6) is 2.21. The maximum absolute atomic E-state index is 13.9. The lowest BCUT2D eigenvalue weighted by atomic mass is 9.66. The molecule has 3 aliphatic carbocycles. The van der Waals surface area contributed by atoms with Crippen LogP contribution in [0.5, 0.6) is 0 Å². The molecule has 0 radical (unpaired) electrons. The van der Waals surface area contributed by atoms with Gasteiger partial charge in [-0.1, -0.05) is 38.2 Å². The zero-order chi connectivity index (χ0) is 16.5. The summed E-state index contributed by atoms with van der Waals surface area (Å²) < 4.78 is 27.3. The first-order valence-corrected chi connectivity index (χ1v) is 10.2. The van der Waals surface area contributed by atoms with E-state index >= 15 is 0 Å². The van der Waals surface area contributed by atoms with Gasteiger partial charge in [-0.25, -0.2) is 8.78 Å². The summed E-state index contributed by atoms with van der Waals surface area (Å²) in [5, 5.41) is 0. The van der Waals surface area contributed by atoms with Crippen molar-refractivity contribution in [3.05, 3.63) is 34.9 Å². The Hall–Kier alpha value is -0.920. The van der Waals surface area contributed by atoms with Crippen LogP contribution in [0.4, 0.5) is 8.78 Å². The van der Waals surface area contributed by atoms with Crippen molar-refractivity contribution in [2.24, 2.45) is 23.7 Å². The summed E-state index contributed by atoms with van der Waals surface area (Å²) in [6, 6.07) is 3.14. The zero-order valence-electron chi connectivity index (χ0n) is 14.7. The highest BCUT2D eigenvalue weighted by Crippen LogP contribution is 2.44. The molecule has 0 heterocycles. The highest BCUT2D eigenvalue weighted by Gasteiger charge is 2.33. The average Bonchev–Trinajstić information content (AvgIpc) is 2.65. The molecule has 3 aliphatic rings. The molecule has 0 aliphatic heterocycles. The molecular weight excluding hydrogens is 302 g/mol. The number of hydrogen-bond donors (Lipinski definition) is 0. The van der Waals surface area contributed by atoms with E-state index in [0.717, 1.165) is 42.6 Å². The van der Waals surface area contributed by atoms with Crippen molar-refractivity contribution in [1.29, 1.82) is 0 Å². The van der Waals surface area contributed by atoms with Gasteiger partial charge in [-0.2, -0.15) is 0 Å². The van der Waals surface area contributed by atoms with Gasteiger partial charge in [0.1, 0.15) is 0 Å². The maximum Gasteiger partial charge on any atom is 0.162 e. The topological polar surface area (TPSA) is 0 Å². The van der Waals surface area contributed by atoms with Crippen molar-refractivity contribution < 1.29 is 8.78 Å². The van der Waals surface area contributed by atoms with E-state index in [0.29, 0.717) is 11.5 Å².